The van der Waals surface area contributed by atoms with Gasteiger partial charge in [0.05, 0.1) is 7.11 Å². The Morgan fingerprint density at radius 3 is 2.22 bits per heavy atom. The van der Waals surface area contributed by atoms with Gasteiger partial charge in [-0.3, -0.25) is 9.59 Å². The van der Waals surface area contributed by atoms with E-state index in [0.29, 0.717) is 25.8 Å². The van der Waals surface area contributed by atoms with E-state index in [9.17, 15) is 14.4 Å². The van der Waals surface area contributed by atoms with Crippen LogP contribution in [-0.2, 0) is 33.6 Å². The van der Waals surface area contributed by atoms with Gasteiger partial charge in [0.25, 0.3) is 0 Å². The summed E-state index contributed by atoms with van der Waals surface area (Å²) in [5, 5.41) is 7.09. The number of Topliss-reactive ketones (excluding diaryl/α,β-unsaturated/α-hetero) is 1. The number of ether oxygens (including phenoxy) is 1. The number of aromatic nitrogens is 1. The zero-order chi connectivity index (χ0) is 31.9. The predicted molar refractivity (Wildman–Crippen MR) is 180 cm³/mol. The minimum absolute atomic E-state index is 0.0184. The number of amides is 2. The summed E-state index contributed by atoms with van der Waals surface area (Å²) in [7, 11) is 1.67. The van der Waals surface area contributed by atoms with Crippen LogP contribution in [-0.4, -0.2) is 42.3 Å². The first-order valence-electron chi connectivity index (χ1n) is 16.2. The van der Waals surface area contributed by atoms with Crippen LogP contribution in [0.5, 0.6) is 5.75 Å². The molecule has 2 amide bonds. The van der Waals surface area contributed by atoms with Gasteiger partial charge >= 0.3 is 0 Å². The molecule has 0 saturated carbocycles. The van der Waals surface area contributed by atoms with Crippen molar-refractivity contribution in [2.45, 2.75) is 77.2 Å². The first kappa shape index (κ1) is 33.5. The Morgan fingerprint density at radius 2 is 1.47 bits per heavy atom. The molecule has 7 heteroatoms. The number of carbonyl (C=O) groups excluding carboxylic acids is 3. The first-order chi connectivity index (χ1) is 21.9. The number of rotatable bonds is 19. The summed E-state index contributed by atoms with van der Waals surface area (Å²) in [5.41, 5.74) is 4.39. The number of H-pyrrole nitrogens is 1. The Morgan fingerprint density at radius 1 is 0.778 bits per heavy atom. The first-order valence-corrected chi connectivity index (χ1v) is 16.2. The zero-order valence-corrected chi connectivity index (χ0v) is 26.6. The molecule has 1 aromatic heterocycles. The SMILES string of the molecule is COc1ccc(CCCCCCC[C@H](CC(C)=O)C(=O)N[C@@H](Cc2c[nH]c3ccccc23)C(=O)NCCc2ccccc2)cc1. The third-order valence-corrected chi connectivity index (χ3v) is 8.37. The molecule has 0 aliphatic rings. The highest BCUT2D eigenvalue weighted by molar-refractivity contribution is 5.91. The minimum Gasteiger partial charge on any atom is -0.497 e. The summed E-state index contributed by atoms with van der Waals surface area (Å²) in [6.45, 7) is 2.00. The maximum Gasteiger partial charge on any atom is 0.242 e. The molecule has 0 fully saturated rings. The third kappa shape index (κ3) is 10.9. The van der Waals surface area contributed by atoms with Gasteiger partial charge in [0.2, 0.25) is 11.8 Å². The van der Waals surface area contributed by atoms with E-state index >= 15 is 0 Å². The second-order valence-electron chi connectivity index (χ2n) is 11.9. The number of carbonyl (C=O) groups is 3. The van der Waals surface area contributed by atoms with Crippen molar-refractivity contribution in [3.8, 4) is 5.75 Å². The molecule has 0 saturated heterocycles. The maximum atomic E-state index is 13.6. The number of hydrogen-bond donors (Lipinski definition) is 3. The average molecular weight is 610 g/mol. The van der Waals surface area contributed by atoms with Crippen molar-refractivity contribution < 1.29 is 19.1 Å². The van der Waals surface area contributed by atoms with Crippen LogP contribution in [0.3, 0.4) is 0 Å². The van der Waals surface area contributed by atoms with Crippen LogP contribution in [0, 0.1) is 5.92 Å². The standard InChI is InChI=1S/C38H47N3O4/c1-28(42)25-31(16-10-5-3-4-7-15-30-19-21-33(45-2)22-20-30)37(43)41-36(26-32-27-40-35-18-12-11-17-34(32)35)38(44)39-24-23-29-13-8-6-9-14-29/h6,8-9,11-14,17-22,27,31,36,40H,3-5,7,10,15-16,23-26H2,1-2H3,(H,39,44)(H,41,43)/t31-,36+/m1/s1. The summed E-state index contributed by atoms with van der Waals surface area (Å²) in [5.74, 6) is -0.0499. The third-order valence-electron chi connectivity index (χ3n) is 8.37. The lowest BCUT2D eigenvalue weighted by Gasteiger charge is -2.22. The molecular weight excluding hydrogens is 562 g/mol. The van der Waals surface area contributed by atoms with Crippen LogP contribution >= 0.6 is 0 Å². The summed E-state index contributed by atoms with van der Waals surface area (Å²) in [6, 6.07) is 25.4. The quantitative estimate of drug-likeness (QED) is 0.103. The molecule has 0 bridgehead atoms. The molecule has 0 aliphatic heterocycles. The van der Waals surface area contributed by atoms with E-state index in [1.807, 2.05) is 72.9 Å². The lowest BCUT2D eigenvalue weighted by atomic mass is 9.93. The second kappa shape index (κ2) is 17.8. The zero-order valence-electron chi connectivity index (χ0n) is 26.6. The summed E-state index contributed by atoms with van der Waals surface area (Å²) >= 11 is 0. The van der Waals surface area contributed by atoms with E-state index in [4.69, 9.17) is 4.74 Å². The van der Waals surface area contributed by atoms with Gasteiger partial charge in [-0.05, 0) is 67.5 Å². The fraction of sp³-hybridized carbons (Fsp3) is 0.395. The Balaban J connectivity index is 1.31. The van der Waals surface area contributed by atoms with Crippen molar-refractivity contribution in [2.75, 3.05) is 13.7 Å². The molecule has 2 atom stereocenters. The number of para-hydroxylation sites is 1. The van der Waals surface area contributed by atoms with Crippen molar-refractivity contribution >= 4 is 28.5 Å². The molecule has 4 aromatic rings. The molecule has 0 spiro atoms. The van der Waals surface area contributed by atoms with E-state index in [-0.39, 0.29) is 24.0 Å². The molecule has 0 radical (unpaired) electrons. The van der Waals surface area contributed by atoms with Gasteiger partial charge in [-0.15, -0.1) is 0 Å². The van der Waals surface area contributed by atoms with Gasteiger partial charge in [-0.25, -0.2) is 0 Å². The molecule has 0 unspecified atom stereocenters. The van der Waals surface area contributed by atoms with Crippen LogP contribution in [0.25, 0.3) is 10.9 Å². The van der Waals surface area contributed by atoms with Gasteiger partial charge in [-0.2, -0.15) is 0 Å². The van der Waals surface area contributed by atoms with Gasteiger partial charge < -0.3 is 25.1 Å². The summed E-state index contributed by atoms with van der Waals surface area (Å²) in [4.78, 5) is 42.5. The predicted octanol–water partition coefficient (Wildman–Crippen LogP) is 6.74. The molecule has 3 N–H and O–H groups in total. The number of aryl methyl sites for hydroxylation is 1. The topological polar surface area (TPSA) is 100 Å². The fourth-order valence-corrected chi connectivity index (χ4v) is 5.83. The molecule has 0 aliphatic carbocycles. The summed E-state index contributed by atoms with van der Waals surface area (Å²) < 4.78 is 5.23. The monoisotopic (exact) mass is 609 g/mol. The Bertz CT molecular complexity index is 1500. The largest absolute Gasteiger partial charge is 0.497 e. The lowest BCUT2D eigenvalue weighted by Crippen LogP contribution is -2.50. The smallest absolute Gasteiger partial charge is 0.242 e. The van der Waals surface area contributed by atoms with Crippen LogP contribution < -0.4 is 15.4 Å². The lowest BCUT2D eigenvalue weighted by molar-refractivity contribution is -0.132. The highest BCUT2D eigenvalue weighted by Crippen LogP contribution is 2.21. The number of unbranched alkanes of at least 4 members (excludes halogenated alkanes) is 4. The van der Waals surface area contributed by atoms with Crippen molar-refractivity contribution in [2.24, 2.45) is 5.92 Å². The summed E-state index contributed by atoms with van der Waals surface area (Å²) in [6.07, 6.45) is 9.97. The molecule has 4 rings (SSSR count). The molecule has 238 valence electrons. The van der Waals surface area contributed by atoms with E-state index in [1.165, 1.54) is 12.5 Å². The average Bonchev–Trinajstić information content (AvgIpc) is 3.46. The molecular formula is C38H47N3O4. The van der Waals surface area contributed by atoms with Gasteiger partial charge in [0.15, 0.2) is 0 Å². The van der Waals surface area contributed by atoms with Crippen molar-refractivity contribution in [1.29, 1.82) is 0 Å². The second-order valence-corrected chi connectivity index (χ2v) is 11.9. The van der Waals surface area contributed by atoms with Crippen LogP contribution in [0.2, 0.25) is 0 Å². The number of methoxy groups -OCH3 is 1. The highest BCUT2D eigenvalue weighted by atomic mass is 16.5. The number of benzene rings is 3. The van der Waals surface area contributed by atoms with Crippen LogP contribution in [0.15, 0.2) is 85.1 Å². The van der Waals surface area contributed by atoms with E-state index in [0.717, 1.165) is 66.3 Å². The van der Waals surface area contributed by atoms with Gasteiger partial charge in [0.1, 0.15) is 17.6 Å². The number of hydrogen-bond acceptors (Lipinski definition) is 4. The van der Waals surface area contributed by atoms with Crippen molar-refractivity contribution in [3.05, 3.63) is 102 Å². The van der Waals surface area contributed by atoms with Crippen molar-refractivity contribution in [3.63, 3.8) is 0 Å². The molecule has 7 nitrogen and oxygen atoms in total. The minimum atomic E-state index is -0.750. The van der Waals surface area contributed by atoms with E-state index < -0.39 is 12.0 Å². The number of ketones is 1. The Hall–Kier alpha value is -4.39. The fourth-order valence-electron chi connectivity index (χ4n) is 5.83. The van der Waals surface area contributed by atoms with Gasteiger partial charge in [0, 0.05) is 42.4 Å². The van der Waals surface area contributed by atoms with Crippen LogP contribution in [0.1, 0.15) is 68.6 Å². The maximum absolute atomic E-state index is 13.6. The number of aromatic amines is 1. The van der Waals surface area contributed by atoms with E-state index in [2.05, 4.69) is 27.8 Å². The molecule has 1 heterocycles. The number of nitrogens with one attached hydrogen (secondary N) is 3. The highest BCUT2D eigenvalue weighted by Gasteiger charge is 2.27. The van der Waals surface area contributed by atoms with E-state index in [1.54, 1.807) is 7.11 Å². The molecule has 45 heavy (non-hydrogen) atoms. The number of fused-ring (bicyclic) bond motifs is 1. The molecule has 3 aromatic carbocycles. The van der Waals surface area contributed by atoms with Crippen LogP contribution in [0.4, 0.5) is 0 Å². The van der Waals surface area contributed by atoms with Gasteiger partial charge in [-0.1, -0.05) is 86.3 Å². The van der Waals surface area contributed by atoms with Crippen molar-refractivity contribution in [1.82, 2.24) is 15.6 Å². The Kier molecular flexibility index (Phi) is 13.2. The Labute approximate surface area is 267 Å². The normalized spacial score (nSPS) is 12.4.